The molecule has 8 nitrogen and oxygen atoms in total. The van der Waals surface area contributed by atoms with Crippen LogP contribution in [0.5, 0.6) is 0 Å². The molecule has 0 bridgehead atoms. The van der Waals surface area contributed by atoms with Crippen molar-refractivity contribution < 1.29 is 26.7 Å². The van der Waals surface area contributed by atoms with Crippen molar-refractivity contribution in [1.29, 1.82) is 0 Å². The Morgan fingerprint density at radius 1 is 0.960 bits per heavy atom. The van der Waals surface area contributed by atoms with Crippen molar-refractivity contribution in [3.05, 3.63) is 145 Å². The van der Waals surface area contributed by atoms with Crippen LogP contribution in [0.25, 0.3) is 17.0 Å². The molecule has 1 atom stereocenters. The molecule has 0 fully saturated rings. The van der Waals surface area contributed by atoms with Gasteiger partial charge in [0.1, 0.15) is 11.3 Å². The number of hydrogen-bond donors (Lipinski definition) is 0. The molecule has 0 N–H and O–H groups in total. The smallest absolute Gasteiger partial charge is 0.330 e. The van der Waals surface area contributed by atoms with Crippen LogP contribution in [0.2, 0.25) is 0 Å². The van der Waals surface area contributed by atoms with Crippen LogP contribution in [-0.4, -0.2) is 40.8 Å². The molecule has 3 aromatic carbocycles. The summed E-state index contributed by atoms with van der Waals surface area (Å²) >= 11 is 2.93. The normalized spacial score (nSPS) is 15.0. The Morgan fingerprint density at radius 3 is 2.32 bits per heavy atom. The molecule has 7 rings (SSSR count). The quantitative estimate of drug-likeness (QED) is 0.163. The molecule has 4 heterocycles. The van der Waals surface area contributed by atoms with Crippen molar-refractivity contribution in [3.8, 4) is 11.4 Å². The van der Waals surface area contributed by atoms with Crippen molar-refractivity contribution in [1.82, 2.24) is 28.9 Å². The summed E-state index contributed by atoms with van der Waals surface area (Å²) in [6.45, 7) is 2.46. The number of hydrogen-bond acceptors (Lipinski definition) is 4. The first-order chi connectivity index (χ1) is 23.7. The third-order valence-corrected chi connectivity index (χ3v) is 9.57. The predicted molar refractivity (Wildman–Crippen MR) is 179 cm³/mol. The summed E-state index contributed by atoms with van der Waals surface area (Å²) in [5, 5.41) is 8.67. The van der Waals surface area contributed by atoms with Crippen molar-refractivity contribution >= 4 is 27.5 Å². The van der Waals surface area contributed by atoms with Gasteiger partial charge in [-0.25, -0.2) is 9.20 Å². The number of alkyl halides is 5. The van der Waals surface area contributed by atoms with Crippen LogP contribution in [0.15, 0.2) is 101 Å². The summed E-state index contributed by atoms with van der Waals surface area (Å²) in [6.07, 6.45) is -1.00. The number of nitrogens with zero attached hydrogens (tertiary/aromatic N) is 6. The number of amides is 1. The second-order valence-corrected chi connectivity index (χ2v) is 13.2. The van der Waals surface area contributed by atoms with Gasteiger partial charge in [-0.2, -0.15) is 32.1 Å². The van der Waals surface area contributed by atoms with Crippen LogP contribution in [0, 0.1) is 0 Å². The second-order valence-electron chi connectivity index (χ2n) is 12.4. The standard InChI is InChI=1S/C36H28BrF5N6O2/c1-21-16-27-30(20-45(21)33(49)23-8-13-29(37)28(18-23)36(40,41)42)48-32(24(19-43-48)17-22-6-4-3-5-7-22)47(34(27)50)26-11-9-25(10-12-26)46-15-14-31(44-46)35(2,38)39/h3-15,18-19,21H,16-17,20H2,1-2H3/t21-/m1/s1. The van der Waals surface area contributed by atoms with Crippen molar-refractivity contribution in [2.24, 2.45) is 0 Å². The van der Waals surface area contributed by atoms with Crippen molar-refractivity contribution in [2.45, 2.75) is 51.4 Å². The summed E-state index contributed by atoms with van der Waals surface area (Å²) in [7, 11) is 0. The van der Waals surface area contributed by atoms with E-state index < -0.39 is 29.6 Å². The molecule has 0 unspecified atom stereocenters. The Kier molecular flexibility index (Phi) is 8.24. The van der Waals surface area contributed by atoms with E-state index in [-0.39, 0.29) is 34.3 Å². The summed E-state index contributed by atoms with van der Waals surface area (Å²) in [5.41, 5.74) is 2.25. The average Bonchev–Trinajstić information content (AvgIpc) is 3.74. The molecule has 0 saturated heterocycles. The summed E-state index contributed by atoms with van der Waals surface area (Å²) in [5.74, 6) is -3.71. The van der Waals surface area contributed by atoms with Crippen LogP contribution < -0.4 is 5.56 Å². The number of benzene rings is 3. The van der Waals surface area contributed by atoms with Gasteiger partial charge >= 0.3 is 6.18 Å². The molecule has 50 heavy (non-hydrogen) atoms. The molecule has 1 aliphatic rings. The molecule has 256 valence electrons. The molecule has 0 radical (unpaired) electrons. The molecular formula is C36H28BrF5N6O2. The van der Waals surface area contributed by atoms with Gasteiger partial charge in [0.2, 0.25) is 0 Å². The average molecular weight is 752 g/mol. The van der Waals surface area contributed by atoms with E-state index in [0.717, 1.165) is 24.1 Å². The van der Waals surface area contributed by atoms with Gasteiger partial charge < -0.3 is 4.90 Å². The van der Waals surface area contributed by atoms with Gasteiger partial charge in [-0.05, 0) is 67.4 Å². The predicted octanol–water partition coefficient (Wildman–Crippen LogP) is 7.74. The van der Waals surface area contributed by atoms with E-state index in [1.165, 1.54) is 34.0 Å². The van der Waals surface area contributed by atoms with Crippen LogP contribution >= 0.6 is 15.9 Å². The van der Waals surface area contributed by atoms with E-state index in [1.54, 1.807) is 46.5 Å². The Hall–Kier alpha value is -5.11. The number of fused-ring (bicyclic) bond motifs is 3. The van der Waals surface area contributed by atoms with Crippen molar-refractivity contribution in [3.63, 3.8) is 0 Å². The van der Waals surface area contributed by atoms with Crippen molar-refractivity contribution in [2.75, 3.05) is 0 Å². The molecule has 6 aromatic rings. The van der Waals surface area contributed by atoms with E-state index in [2.05, 4.69) is 26.1 Å². The van der Waals surface area contributed by atoms with Gasteiger partial charge in [0.15, 0.2) is 0 Å². The first kappa shape index (κ1) is 33.4. The second kappa shape index (κ2) is 12.3. The molecule has 0 saturated carbocycles. The molecule has 0 spiro atoms. The minimum Gasteiger partial charge on any atom is -0.330 e. The van der Waals surface area contributed by atoms with E-state index in [9.17, 15) is 31.5 Å². The van der Waals surface area contributed by atoms with Gasteiger partial charge in [-0.3, -0.25) is 14.2 Å². The minimum atomic E-state index is -4.67. The highest BCUT2D eigenvalue weighted by molar-refractivity contribution is 9.10. The largest absolute Gasteiger partial charge is 0.417 e. The molecule has 3 aromatic heterocycles. The zero-order valence-electron chi connectivity index (χ0n) is 26.6. The van der Waals surface area contributed by atoms with E-state index in [1.807, 2.05) is 30.3 Å². The first-order valence-corrected chi connectivity index (χ1v) is 16.4. The van der Waals surface area contributed by atoms with Crippen LogP contribution in [-0.2, 0) is 31.5 Å². The maximum atomic E-state index is 14.5. The lowest BCUT2D eigenvalue weighted by molar-refractivity contribution is -0.138. The fraction of sp³-hybridized carbons (Fsp3) is 0.222. The lowest BCUT2D eigenvalue weighted by atomic mass is 9.97. The maximum absolute atomic E-state index is 14.5. The lowest BCUT2D eigenvalue weighted by Crippen LogP contribution is -2.46. The Balaban J connectivity index is 1.33. The molecule has 1 amide bonds. The first-order valence-electron chi connectivity index (χ1n) is 15.6. The maximum Gasteiger partial charge on any atom is 0.417 e. The fourth-order valence-corrected chi connectivity index (χ4v) is 6.81. The van der Waals surface area contributed by atoms with E-state index in [4.69, 9.17) is 0 Å². The fourth-order valence-electron chi connectivity index (χ4n) is 6.33. The van der Waals surface area contributed by atoms with E-state index >= 15 is 0 Å². The topological polar surface area (TPSA) is 77.4 Å². The van der Waals surface area contributed by atoms with Gasteiger partial charge in [-0.1, -0.05) is 46.3 Å². The zero-order valence-corrected chi connectivity index (χ0v) is 28.2. The van der Waals surface area contributed by atoms with Gasteiger partial charge in [-0.15, -0.1) is 0 Å². The number of rotatable bonds is 6. The minimum absolute atomic E-state index is 0.0611. The van der Waals surface area contributed by atoms with Gasteiger partial charge in [0, 0.05) is 46.7 Å². The van der Waals surface area contributed by atoms with E-state index in [0.29, 0.717) is 34.7 Å². The van der Waals surface area contributed by atoms with Crippen LogP contribution in [0.3, 0.4) is 0 Å². The van der Waals surface area contributed by atoms with Crippen LogP contribution in [0.1, 0.15) is 57.8 Å². The monoisotopic (exact) mass is 750 g/mol. The Labute approximate surface area is 290 Å². The summed E-state index contributed by atoms with van der Waals surface area (Å²) < 4.78 is 73.0. The number of carbonyl (C=O) groups excluding carboxylic acids is 1. The molecule has 0 aliphatic carbocycles. The summed E-state index contributed by atoms with van der Waals surface area (Å²) in [6, 6.07) is 20.4. The molecule has 1 aliphatic heterocycles. The number of aromatic nitrogens is 5. The van der Waals surface area contributed by atoms with Gasteiger partial charge in [0.05, 0.1) is 35.4 Å². The third kappa shape index (κ3) is 6.01. The number of carbonyl (C=O) groups is 1. The highest BCUT2D eigenvalue weighted by Gasteiger charge is 2.36. The molecular weight excluding hydrogens is 723 g/mol. The third-order valence-electron chi connectivity index (χ3n) is 8.87. The lowest BCUT2D eigenvalue weighted by Gasteiger charge is -2.35. The van der Waals surface area contributed by atoms with Crippen LogP contribution in [0.4, 0.5) is 22.0 Å². The Bertz CT molecular complexity index is 2310. The summed E-state index contributed by atoms with van der Waals surface area (Å²) in [4.78, 5) is 29.7. The number of halogens is 6. The molecule has 14 heteroatoms. The highest BCUT2D eigenvalue weighted by atomic mass is 79.9. The SMILES string of the molecule is C[C@@H]1Cc2c(n3ncc(Cc4ccccc4)c3n(-c3ccc(-n4ccc(C(C)(F)F)n4)cc3)c2=O)CN1C(=O)c1ccc(Br)c(C(F)(F)F)c1. The van der Waals surface area contributed by atoms with Gasteiger partial charge in [0.25, 0.3) is 17.4 Å². The zero-order chi connectivity index (χ0) is 35.5. The highest BCUT2D eigenvalue weighted by Crippen LogP contribution is 2.36. The Morgan fingerprint density at radius 2 is 1.66 bits per heavy atom.